The first-order chi connectivity index (χ1) is 13.8. The van der Waals surface area contributed by atoms with E-state index in [1.54, 1.807) is 44.2 Å². The van der Waals surface area contributed by atoms with Crippen molar-refractivity contribution in [2.75, 3.05) is 25.0 Å². The van der Waals surface area contributed by atoms with Crippen molar-refractivity contribution in [3.8, 4) is 5.75 Å². The van der Waals surface area contributed by atoms with Crippen LogP contribution in [0.1, 0.15) is 19.4 Å². The molecule has 0 aliphatic heterocycles. The third kappa shape index (κ3) is 4.92. The smallest absolute Gasteiger partial charge is 0.264 e. The number of hydrogen-bond acceptors (Lipinski definition) is 6. The molecule has 0 aliphatic carbocycles. The summed E-state index contributed by atoms with van der Waals surface area (Å²) in [5.74, 6) is 0.280. The SMILES string of the molecule is CCN(CC)S(=O)(=O)c1ccc2nc(NC(=O)COc3ccc(C)cc3)sc2c1. The van der Waals surface area contributed by atoms with Gasteiger partial charge in [0.1, 0.15) is 5.75 Å². The van der Waals surface area contributed by atoms with Crippen LogP contribution in [0.2, 0.25) is 0 Å². The Morgan fingerprint density at radius 3 is 2.48 bits per heavy atom. The predicted octanol–water partition coefficient (Wildman–Crippen LogP) is 3.65. The number of aryl methyl sites for hydroxylation is 1. The summed E-state index contributed by atoms with van der Waals surface area (Å²) in [6, 6.07) is 12.2. The zero-order valence-corrected chi connectivity index (χ0v) is 18.1. The highest BCUT2D eigenvalue weighted by molar-refractivity contribution is 7.89. The molecule has 0 spiro atoms. The Hall–Kier alpha value is -2.49. The Kier molecular flexibility index (Phi) is 6.51. The molecule has 1 aromatic heterocycles. The van der Waals surface area contributed by atoms with E-state index >= 15 is 0 Å². The standard InChI is InChI=1S/C20H23N3O4S2/c1-4-23(5-2)29(25,26)16-10-11-17-18(12-16)28-20(21-17)22-19(24)13-27-15-8-6-14(3)7-9-15/h6-12H,4-5,13H2,1-3H3,(H,21,22,24). The van der Waals surface area contributed by atoms with Gasteiger partial charge in [-0.15, -0.1) is 0 Å². The van der Waals surface area contributed by atoms with E-state index in [-0.39, 0.29) is 17.4 Å². The first-order valence-corrected chi connectivity index (χ1v) is 11.5. The van der Waals surface area contributed by atoms with Crippen LogP contribution in [0.5, 0.6) is 5.75 Å². The summed E-state index contributed by atoms with van der Waals surface area (Å²) in [5.41, 5.74) is 1.74. The number of ether oxygens (including phenoxy) is 1. The Morgan fingerprint density at radius 1 is 1.14 bits per heavy atom. The first-order valence-electron chi connectivity index (χ1n) is 9.23. The topological polar surface area (TPSA) is 88.6 Å². The molecule has 0 bridgehead atoms. The van der Waals surface area contributed by atoms with Crippen molar-refractivity contribution in [3.05, 3.63) is 48.0 Å². The molecule has 29 heavy (non-hydrogen) atoms. The lowest BCUT2D eigenvalue weighted by Crippen LogP contribution is -2.30. The van der Waals surface area contributed by atoms with Crippen LogP contribution in [0.25, 0.3) is 10.2 Å². The van der Waals surface area contributed by atoms with Crippen LogP contribution in [-0.4, -0.2) is 43.3 Å². The van der Waals surface area contributed by atoms with Crippen LogP contribution in [0, 0.1) is 6.92 Å². The van der Waals surface area contributed by atoms with Gasteiger partial charge in [-0.05, 0) is 37.3 Å². The number of carbonyl (C=O) groups excluding carboxylic acids is 1. The minimum Gasteiger partial charge on any atom is -0.484 e. The van der Waals surface area contributed by atoms with Gasteiger partial charge >= 0.3 is 0 Å². The number of carbonyl (C=O) groups is 1. The fraction of sp³-hybridized carbons (Fsp3) is 0.300. The summed E-state index contributed by atoms with van der Waals surface area (Å²) >= 11 is 1.22. The monoisotopic (exact) mass is 433 g/mol. The Morgan fingerprint density at radius 2 is 1.83 bits per heavy atom. The van der Waals surface area contributed by atoms with Gasteiger partial charge in [0.25, 0.3) is 5.91 Å². The average Bonchev–Trinajstić information content (AvgIpc) is 3.09. The van der Waals surface area contributed by atoms with Crippen molar-refractivity contribution in [3.63, 3.8) is 0 Å². The van der Waals surface area contributed by atoms with Gasteiger partial charge in [0.05, 0.1) is 15.1 Å². The van der Waals surface area contributed by atoms with Crippen molar-refractivity contribution in [2.45, 2.75) is 25.7 Å². The Balaban J connectivity index is 1.71. The highest BCUT2D eigenvalue weighted by Gasteiger charge is 2.22. The van der Waals surface area contributed by atoms with Crippen molar-refractivity contribution >= 4 is 42.6 Å². The van der Waals surface area contributed by atoms with E-state index in [0.29, 0.717) is 34.2 Å². The molecule has 3 rings (SSSR count). The molecular weight excluding hydrogens is 410 g/mol. The summed E-state index contributed by atoms with van der Waals surface area (Å²) in [5, 5.41) is 3.10. The van der Waals surface area contributed by atoms with E-state index in [1.807, 2.05) is 19.1 Å². The van der Waals surface area contributed by atoms with Gasteiger partial charge in [0.15, 0.2) is 11.7 Å². The van der Waals surface area contributed by atoms with Crippen molar-refractivity contribution in [1.82, 2.24) is 9.29 Å². The van der Waals surface area contributed by atoms with Crippen LogP contribution in [0.4, 0.5) is 5.13 Å². The Labute approximate surface area is 174 Å². The van der Waals surface area contributed by atoms with Crippen LogP contribution in [0.3, 0.4) is 0 Å². The van der Waals surface area contributed by atoms with Crippen LogP contribution < -0.4 is 10.1 Å². The number of nitrogens with one attached hydrogen (secondary N) is 1. The third-order valence-electron chi connectivity index (χ3n) is 4.34. The maximum absolute atomic E-state index is 12.7. The van der Waals surface area contributed by atoms with Gasteiger partial charge < -0.3 is 4.74 Å². The second-order valence-electron chi connectivity index (χ2n) is 6.39. The van der Waals surface area contributed by atoms with E-state index in [2.05, 4.69) is 10.3 Å². The summed E-state index contributed by atoms with van der Waals surface area (Å²) < 4.78 is 32.9. The molecule has 0 unspecified atom stereocenters. The second kappa shape index (κ2) is 8.89. The van der Waals surface area contributed by atoms with Crippen LogP contribution in [0.15, 0.2) is 47.4 Å². The molecule has 154 valence electrons. The van der Waals surface area contributed by atoms with E-state index < -0.39 is 10.0 Å². The summed E-state index contributed by atoms with van der Waals surface area (Å²) in [6.45, 7) is 6.25. The number of nitrogens with zero attached hydrogens (tertiary/aromatic N) is 2. The fourth-order valence-corrected chi connectivity index (χ4v) is 5.25. The number of anilines is 1. The predicted molar refractivity (Wildman–Crippen MR) is 115 cm³/mol. The maximum atomic E-state index is 12.7. The van der Waals surface area contributed by atoms with Crippen molar-refractivity contribution in [1.29, 1.82) is 0 Å². The molecular formula is C20H23N3O4S2. The van der Waals surface area contributed by atoms with E-state index in [0.717, 1.165) is 5.56 Å². The lowest BCUT2D eigenvalue weighted by Gasteiger charge is -2.18. The third-order valence-corrected chi connectivity index (χ3v) is 7.32. The van der Waals surface area contributed by atoms with E-state index in [4.69, 9.17) is 4.74 Å². The van der Waals surface area contributed by atoms with Gasteiger partial charge in [-0.1, -0.05) is 42.9 Å². The molecule has 0 saturated heterocycles. The minimum atomic E-state index is -3.54. The number of benzene rings is 2. The molecule has 0 saturated carbocycles. The maximum Gasteiger partial charge on any atom is 0.264 e. The highest BCUT2D eigenvalue weighted by atomic mass is 32.2. The molecule has 1 heterocycles. The highest BCUT2D eigenvalue weighted by Crippen LogP contribution is 2.29. The number of sulfonamides is 1. The quantitative estimate of drug-likeness (QED) is 0.586. The summed E-state index contributed by atoms with van der Waals surface area (Å²) in [7, 11) is -3.54. The van der Waals surface area contributed by atoms with Gasteiger partial charge in [0.2, 0.25) is 10.0 Å². The minimum absolute atomic E-state index is 0.138. The van der Waals surface area contributed by atoms with Crippen LogP contribution >= 0.6 is 11.3 Å². The first kappa shape index (κ1) is 21.2. The van der Waals surface area contributed by atoms with Crippen LogP contribution in [-0.2, 0) is 14.8 Å². The van der Waals surface area contributed by atoms with Crippen molar-refractivity contribution in [2.24, 2.45) is 0 Å². The zero-order valence-electron chi connectivity index (χ0n) is 16.5. The van der Waals surface area contributed by atoms with Gasteiger partial charge in [0, 0.05) is 13.1 Å². The number of aromatic nitrogens is 1. The molecule has 2 aromatic carbocycles. The molecule has 0 aliphatic rings. The fourth-order valence-electron chi connectivity index (χ4n) is 2.77. The lowest BCUT2D eigenvalue weighted by atomic mass is 10.2. The molecule has 0 fully saturated rings. The molecule has 3 aromatic rings. The van der Waals surface area contributed by atoms with Gasteiger partial charge in [-0.3, -0.25) is 10.1 Å². The van der Waals surface area contributed by atoms with Gasteiger partial charge in [-0.25, -0.2) is 13.4 Å². The van der Waals surface area contributed by atoms with E-state index in [1.165, 1.54) is 15.6 Å². The molecule has 1 amide bonds. The molecule has 0 atom stereocenters. The van der Waals surface area contributed by atoms with Gasteiger partial charge in [-0.2, -0.15) is 4.31 Å². The number of thiazole rings is 1. The lowest BCUT2D eigenvalue weighted by molar-refractivity contribution is -0.118. The summed E-state index contributed by atoms with van der Waals surface area (Å²) in [4.78, 5) is 16.7. The number of amides is 1. The molecule has 1 N–H and O–H groups in total. The Bertz CT molecular complexity index is 1100. The molecule has 7 nitrogen and oxygen atoms in total. The number of rotatable bonds is 8. The number of hydrogen-bond donors (Lipinski definition) is 1. The molecule has 0 radical (unpaired) electrons. The normalized spacial score (nSPS) is 11.7. The van der Waals surface area contributed by atoms with E-state index in [9.17, 15) is 13.2 Å². The van der Waals surface area contributed by atoms with Crippen molar-refractivity contribution < 1.29 is 17.9 Å². The summed E-state index contributed by atoms with van der Waals surface area (Å²) in [6.07, 6.45) is 0. The zero-order chi connectivity index (χ0) is 21.0. The number of fused-ring (bicyclic) bond motifs is 1. The average molecular weight is 434 g/mol. The molecule has 9 heteroatoms. The largest absolute Gasteiger partial charge is 0.484 e. The second-order valence-corrected chi connectivity index (χ2v) is 9.36.